The van der Waals surface area contributed by atoms with Crippen LogP contribution in [-0.4, -0.2) is 12.7 Å². The van der Waals surface area contributed by atoms with E-state index in [1.807, 2.05) is 0 Å². The van der Waals surface area contributed by atoms with Gasteiger partial charge >= 0.3 is 0 Å². The lowest BCUT2D eigenvalue weighted by molar-refractivity contribution is -0.0641. The van der Waals surface area contributed by atoms with Gasteiger partial charge in [0.1, 0.15) is 0 Å². The summed E-state index contributed by atoms with van der Waals surface area (Å²) in [6.45, 7) is 16.1. The van der Waals surface area contributed by atoms with Gasteiger partial charge in [-0.3, -0.25) is 0 Å². The Balaban J connectivity index is 1.26. The lowest BCUT2D eigenvalue weighted by Crippen LogP contribution is -2.51. The highest BCUT2D eigenvalue weighted by Crippen LogP contribution is 2.67. The van der Waals surface area contributed by atoms with Gasteiger partial charge in [-0.25, -0.2) is 0 Å². The van der Waals surface area contributed by atoms with Crippen molar-refractivity contribution in [2.45, 2.75) is 170 Å². The van der Waals surface area contributed by atoms with Gasteiger partial charge in [0.25, 0.3) is 0 Å². The average molecular weight is 527 g/mol. The van der Waals surface area contributed by atoms with Gasteiger partial charge in [-0.15, -0.1) is 0 Å². The summed E-state index contributed by atoms with van der Waals surface area (Å²) in [4.78, 5) is 0. The molecule has 1 unspecified atom stereocenters. The van der Waals surface area contributed by atoms with Crippen LogP contribution >= 0.6 is 0 Å². The topological polar surface area (TPSA) is 9.23 Å². The molecule has 0 spiro atoms. The van der Waals surface area contributed by atoms with E-state index in [0.717, 1.165) is 42.1 Å². The molecular weight excluding hydrogens is 460 g/mol. The van der Waals surface area contributed by atoms with Crippen LogP contribution in [0, 0.1) is 46.3 Å². The number of fused-ring (bicyclic) bond motifs is 5. The molecule has 0 heterocycles. The average Bonchev–Trinajstić information content (AvgIpc) is 3.25. The van der Waals surface area contributed by atoms with E-state index < -0.39 is 0 Å². The van der Waals surface area contributed by atoms with Crippen LogP contribution in [0.3, 0.4) is 0 Å². The van der Waals surface area contributed by atoms with Gasteiger partial charge in [0.05, 0.1) is 6.10 Å². The highest BCUT2D eigenvalue weighted by molar-refractivity contribution is 5.25. The molecule has 0 bridgehead atoms. The van der Waals surface area contributed by atoms with Crippen LogP contribution in [-0.2, 0) is 4.74 Å². The van der Waals surface area contributed by atoms with Crippen molar-refractivity contribution in [3.63, 3.8) is 0 Å². The first-order chi connectivity index (χ1) is 18.3. The van der Waals surface area contributed by atoms with Crippen LogP contribution in [0.15, 0.2) is 11.6 Å². The fourth-order valence-corrected chi connectivity index (χ4v) is 10.3. The van der Waals surface area contributed by atoms with Crippen LogP contribution in [0.2, 0.25) is 0 Å². The molecule has 1 heteroatoms. The highest BCUT2D eigenvalue weighted by Gasteiger charge is 2.59. The van der Waals surface area contributed by atoms with Gasteiger partial charge in [-0.05, 0) is 104 Å². The van der Waals surface area contributed by atoms with E-state index in [4.69, 9.17) is 4.74 Å². The number of hydrogen-bond donors (Lipinski definition) is 0. The van der Waals surface area contributed by atoms with E-state index in [1.165, 1.54) is 122 Å². The van der Waals surface area contributed by atoms with Crippen molar-refractivity contribution in [1.29, 1.82) is 0 Å². The molecule has 3 fully saturated rings. The van der Waals surface area contributed by atoms with Gasteiger partial charge in [-0.1, -0.05) is 117 Å². The maximum Gasteiger partial charge on any atom is 0.0612 e. The molecule has 4 aliphatic rings. The molecule has 0 amide bonds. The molecule has 4 rings (SSSR count). The second kappa shape index (κ2) is 14.0. The smallest absolute Gasteiger partial charge is 0.0612 e. The molecule has 8 atom stereocenters. The van der Waals surface area contributed by atoms with E-state index in [-0.39, 0.29) is 0 Å². The molecule has 3 saturated carbocycles. The Morgan fingerprint density at radius 2 is 1.55 bits per heavy atom. The van der Waals surface area contributed by atoms with Crippen LogP contribution in [0.25, 0.3) is 0 Å². The molecule has 0 N–H and O–H groups in total. The lowest BCUT2D eigenvalue weighted by atomic mass is 9.47. The van der Waals surface area contributed by atoms with Crippen molar-refractivity contribution in [1.82, 2.24) is 0 Å². The van der Waals surface area contributed by atoms with Crippen LogP contribution in [0.1, 0.15) is 164 Å². The van der Waals surface area contributed by atoms with Gasteiger partial charge in [0.2, 0.25) is 0 Å². The van der Waals surface area contributed by atoms with E-state index in [2.05, 4.69) is 47.6 Å². The zero-order chi connectivity index (χ0) is 27.2. The summed E-state index contributed by atoms with van der Waals surface area (Å²) < 4.78 is 6.49. The first-order valence-electron chi connectivity index (χ1n) is 17.6. The van der Waals surface area contributed by atoms with Crippen LogP contribution in [0.4, 0.5) is 0 Å². The minimum absolute atomic E-state index is 0.462. The Labute approximate surface area is 238 Å². The zero-order valence-corrected chi connectivity index (χ0v) is 26.7. The van der Waals surface area contributed by atoms with Gasteiger partial charge in [0, 0.05) is 6.61 Å². The second-order valence-corrected chi connectivity index (χ2v) is 15.5. The van der Waals surface area contributed by atoms with Gasteiger partial charge in [-0.2, -0.15) is 0 Å². The number of ether oxygens (including phenoxy) is 1. The maximum atomic E-state index is 6.49. The fourth-order valence-electron chi connectivity index (χ4n) is 10.3. The molecule has 1 nitrogen and oxygen atoms in total. The van der Waals surface area contributed by atoms with Crippen molar-refractivity contribution in [2.24, 2.45) is 46.3 Å². The Morgan fingerprint density at radius 3 is 2.29 bits per heavy atom. The minimum atomic E-state index is 0.462. The van der Waals surface area contributed by atoms with Crippen LogP contribution < -0.4 is 0 Å². The van der Waals surface area contributed by atoms with Gasteiger partial charge < -0.3 is 4.74 Å². The first-order valence-corrected chi connectivity index (χ1v) is 17.6. The summed E-state index contributed by atoms with van der Waals surface area (Å²) >= 11 is 0. The zero-order valence-electron chi connectivity index (χ0n) is 26.7. The summed E-state index contributed by atoms with van der Waals surface area (Å²) in [7, 11) is 0. The molecule has 0 aliphatic heterocycles. The predicted molar refractivity (Wildman–Crippen MR) is 165 cm³/mol. The third-order valence-electron chi connectivity index (χ3n) is 12.6. The summed E-state index contributed by atoms with van der Waals surface area (Å²) in [5.74, 6) is 5.61. The van der Waals surface area contributed by atoms with Crippen LogP contribution in [0.5, 0.6) is 0 Å². The molecule has 0 radical (unpaired) electrons. The third kappa shape index (κ3) is 6.94. The lowest BCUT2D eigenvalue weighted by Gasteiger charge is -2.58. The predicted octanol–water partition coefficient (Wildman–Crippen LogP) is 11.6. The summed E-state index contributed by atoms with van der Waals surface area (Å²) in [6, 6.07) is 0. The monoisotopic (exact) mass is 527 g/mol. The molecule has 0 aromatic heterocycles. The fraction of sp³-hybridized carbons (Fsp3) is 0.946. The van der Waals surface area contributed by atoms with Crippen molar-refractivity contribution in [3.8, 4) is 0 Å². The minimum Gasteiger partial charge on any atom is -0.378 e. The van der Waals surface area contributed by atoms with Crippen molar-refractivity contribution in [3.05, 3.63) is 11.6 Å². The molecule has 38 heavy (non-hydrogen) atoms. The highest BCUT2D eigenvalue weighted by atomic mass is 16.5. The van der Waals surface area contributed by atoms with Crippen molar-refractivity contribution >= 4 is 0 Å². The Hall–Kier alpha value is -0.300. The van der Waals surface area contributed by atoms with Crippen molar-refractivity contribution < 1.29 is 4.74 Å². The quantitative estimate of drug-likeness (QED) is 0.152. The number of hydrogen-bond acceptors (Lipinski definition) is 1. The van der Waals surface area contributed by atoms with Gasteiger partial charge in [0.15, 0.2) is 0 Å². The van der Waals surface area contributed by atoms with E-state index in [9.17, 15) is 0 Å². The number of allylic oxidation sites excluding steroid dienone is 1. The maximum absolute atomic E-state index is 6.49. The summed E-state index contributed by atoms with van der Waals surface area (Å²) in [6.07, 6.45) is 29.9. The molecular formula is C37H66O. The number of unbranched alkanes of at least 4 members (excludes halogenated alkanes) is 7. The standard InChI is InChI=1S/C37H66O/c1-7-8-9-10-11-12-13-14-26-38-31-22-24-36(5)30(27-31)18-19-32-34-21-20-33(29(4)17-15-16-28(2)3)37(34,6)25-23-35(32)36/h18,28-29,31-35H,7-17,19-27H2,1-6H3/t29-,31?,32+,33-,34+,35+,36+,37-/m1/s1. The van der Waals surface area contributed by atoms with E-state index in [1.54, 1.807) is 5.57 Å². The molecule has 4 aliphatic carbocycles. The third-order valence-corrected chi connectivity index (χ3v) is 12.6. The molecule has 0 aromatic rings. The molecule has 0 aromatic carbocycles. The Bertz CT molecular complexity index is 737. The summed E-state index contributed by atoms with van der Waals surface area (Å²) in [5, 5.41) is 0. The first kappa shape index (κ1) is 30.7. The SMILES string of the molecule is CCCCCCCCCCOC1CC[C@@]2(C)C(=CC[C@H]3[C@@H]4CC[C@H]([C@H](C)CCCC(C)C)[C@@]4(C)CC[C@@H]32)C1. The largest absolute Gasteiger partial charge is 0.378 e. The Morgan fingerprint density at radius 1 is 0.816 bits per heavy atom. The van der Waals surface area contributed by atoms with E-state index >= 15 is 0 Å². The molecule has 220 valence electrons. The second-order valence-electron chi connectivity index (χ2n) is 15.5. The number of rotatable bonds is 15. The van der Waals surface area contributed by atoms with Crippen molar-refractivity contribution in [2.75, 3.05) is 6.61 Å². The Kier molecular flexibility index (Phi) is 11.3. The molecule has 0 saturated heterocycles. The van der Waals surface area contributed by atoms with E-state index in [0.29, 0.717) is 16.9 Å². The summed E-state index contributed by atoms with van der Waals surface area (Å²) in [5.41, 5.74) is 2.87. The normalized spacial score (nSPS) is 37.4.